The molecule has 0 fully saturated rings. The molecule has 0 radical (unpaired) electrons. The monoisotopic (exact) mass is 276 g/mol. The summed E-state index contributed by atoms with van der Waals surface area (Å²) in [7, 11) is 0. The Morgan fingerprint density at radius 1 is 1.17 bits per heavy atom. The summed E-state index contributed by atoms with van der Waals surface area (Å²) in [5.74, 6) is 0. The second-order valence-corrected chi connectivity index (χ2v) is 8.84. The zero-order chi connectivity index (χ0) is 4.41. The Labute approximate surface area is 46.2 Å². The number of hydrogen-bond donors (Lipinski definition) is 0. The van der Waals surface area contributed by atoms with Gasteiger partial charge in [-0.25, -0.2) is 0 Å². The Morgan fingerprint density at radius 3 is 1.83 bits per heavy atom. The van der Waals surface area contributed by atoms with E-state index in [4.69, 9.17) is 0 Å². The summed E-state index contributed by atoms with van der Waals surface area (Å²) >= 11 is -0.922. The Balaban J connectivity index is 2.60. The maximum absolute atomic E-state index is 2.37. The maximum atomic E-state index is 2.37. The van der Waals surface area contributed by atoms with Crippen LogP contribution in [0.15, 0.2) is 19.7 Å². The van der Waals surface area contributed by atoms with Gasteiger partial charge in [0.15, 0.2) is 0 Å². The molecule has 1 aliphatic heterocycles. The molecule has 1 heteroatoms. The van der Waals surface area contributed by atoms with E-state index in [9.17, 15) is 0 Å². The minimum absolute atomic E-state index is 0.922. The van der Waals surface area contributed by atoms with Gasteiger partial charge < -0.3 is 0 Å². The first-order valence-corrected chi connectivity index (χ1v) is 9.46. The van der Waals surface area contributed by atoms with Crippen LogP contribution in [0.2, 0.25) is 4.63 Å². The SMILES string of the molecule is [CH3][Bi]1[CH]=CC=[CH]1. The Bertz CT molecular complexity index is 80.1. The van der Waals surface area contributed by atoms with Crippen LogP contribution in [0.1, 0.15) is 0 Å². The van der Waals surface area contributed by atoms with Gasteiger partial charge in [0.05, 0.1) is 0 Å². The van der Waals surface area contributed by atoms with E-state index in [-0.39, 0.29) is 0 Å². The molecule has 0 nitrogen and oxygen atoms in total. The van der Waals surface area contributed by atoms with Crippen LogP contribution in [0, 0.1) is 0 Å². The molecule has 0 aliphatic carbocycles. The molecule has 0 spiro atoms. The van der Waals surface area contributed by atoms with E-state index in [1.54, 1.807) is 0 Å². The van der Waals surface area contributed by atoms with E-state index in [1.165, 1.54) is 0 Å². The van der Waals surface area contributed by atoms with Gasteiger partial charge in [0.2, 0.25) is 0 Å². The molecular formula is C5H7Bi. The van der Waals surface area contributed by atoms with Crippen LogP contribution in [0.5, 0.6) is 0 Å². The molecular weight excluding hydrogens is 269 g/mol. The summed E-state index contributed by atoms with van der Waals surface area (Å²) in [6, 6.07) is 0. The summed E-state index contributed by atoms with van der Waals surface area (Å²) in [5.41, 5.74) is 0. The molecule has 0 saturated heterocycles. The first kappa shape index (κ1) is 4.52. The topological polar surface area (TPSA) is 0 Å². The van der Waals surface area contributed by atoms with E-state index in [0.29, 0.717) is 0 Å². The normalized spacial score (nSPS) is 20.2. The Kier molecular flexibility index (Phi) is 1.42. The fraction of sp³-hybridized carbons (Fsp3) is 0.200. The van der Waals surface area contributed by atoms with Gasteiger partial charge in [-0.3, -0.25) is 0 Å². The summed E-state index contributed by atoms with van der Waals surface area (Å²) < 4.78 is 7.11. The first-order chi connectivity index (χ1) is 2.89. The molecule has 1 aliphatic rings. The molecule has 0 N–H and O–H groups in total. The third kappa shape index (κ3) is 0.910. The van der Waals surface area contributed by atoms with Gasteiger partial charge in [-0.05, 0) is 0 Å². The third-order valence-corrected chi connectivity index (χ3v) is 5.75. The Morgan fingerprint density at radius 2 is 1.67 bits per heavy atom. The predicted molar refractivity (Wildman–Crippen MR) is 29.9 cm³/mol. The molecule has 0 bridgehead atoms. The average Bonchev–Trinajstić information content (AvgIpc) is 1.86. The molecule has 0 aromatic rings. The molecule has 0 unspecified atom stereocenters. The molecule has 1 rings (SSSR count). The van der Waals surface area contributed by atoms with Crippen molar-refractivity contribution in [1.29, 1.82) is 0 Å². The van der Waals surface area contributed by atoms with Crippen LogP contribution < -0.4 is 0 Å². The van der Waals surface area contributed by atoms with Gasteiger partial charge in [-0.2, -0.15) is 0 Å². The van der Waals surface area contributed by atoms with Crippen molar-refractivity contribution >= 4 is 21.8 Å². The standard InChI is InChI=1S/C4H4.CH3.Bi/c1-3-4-2;;/h1-4H;1H3;. The third-order valence-electron chi connectivity index (χ3n) is 0.754. The van der Waals surface area contributed by atoms with Crippen molar-refractivity contribution in [2.24, 2.45) is 0 Å². The van der Waals surface area contributed by atoms with Crippen molar-refractivity contribution in [1.82, 2.24) is 0 Å². The zero-order valence-corrected chi connectivity index (χ0v) is 7.23. The second-order valence-electron chi connectivity index (χ2n) is 1.35. The fourth-order valence-corrected chi connectivity index (χ4v) is 3.69. The molecule has 0 saturated carbocycles. The van der Waals surface area contributed by atoms with Crippen molar-refractivity contribution in [3.63, 3.8) is 0 Å². The molecule has 6 heavy (non-hydrogen) atoms. The first-order valence-electron chi connectivity index (χ1n) is 1.96. The number of rotatable bonds is 0. The summed E-state index contributed by atoms with van der Waals surface area (Å²) in [6.07, 6.45) is 4.33. The average molecular weight is 276 g/mol. The van der Waals surface area contributed by atoms with Crippen molar-refractivity contribution in [2.45, 2.75) is 4.63 Å². The minimum atomic E-state index is -0.922. The van der Waals surface area contributed by atoms with Gasteiger partial charge in [0.1, 0.15) is 0 Å². The fourth-order valence-electron chi connectivity index (χ4n) is 0.421. The molecule has 32 valence electrons. The summed E-state index contributed by atoms with van der Waals surface area (Å²) in [5, 5.41) is 0. The summed E-state index contributed by atoms with van der Waals surface area (Å²) in [6.45, 7) is 0. The summed E-state index contributed by atoms with van der Waals surface area (Å²) in [4.78, 5) is 0. The molecule has 1 heterocycles. The predicted octanol–water partition coefficient (Wildman–Crippen LogP) is 1.32. The van der Waals surface area contributed by atoms with Gasteiger partial charge in [0.25, 0.3) is 0 Å². The van der Waals surface area contributed by atoms with E-state index >= 15 is 0 Å². The van der Waals surface area contributed by atoms with Gasteiger partial charge in [-0.15, -0.1) is 0 Å². The van der Waals surface area contributed by atoms with Crippen molar-refractivity contribution in [2.75, 3.05) is 0 Å². The zero-order valence-electron chi connectivity index (χ0n) is 3.76. The number of allylic oxidation sites excluding steroid dienone is 2. The molecule has 0 aromatic carbocycles. The Hall–Kier alpha value is 0.363. The van der Waals surface area contributed by atoms with Gasteiger partial charge in [0, 0.05) is 0 Å². The van der Waals surface area contributed by atoms with E-state index < -0.39 is 21.8 Å². The van der Waals surface area contributed by atoms with Crippen molar-refractivity contribution < 1.29 is 0 Å². The van der Waals surface area contributed by atoms with Crippen LogP contribution in [-0.4, -0.2) is 21.8 Å². The van der Waals surface area contributed by atoms with Crippen LogP contribution in [0.3, 0.4) is 0 Å². The van der Waals surface area contributed by atoms with Crippen molar-refractivity contribution in [3.8, 4) is 0 Å². The molecule has 0 amide bonds. The van der Waals surface area contributed by atoms with E-state index in [1.807, 2.05) is 0 Å². The van der Waals surface area contributed by atoms with E-state index in [0.717, 1.165) is 0 Å². The van der Waals surface area contributed by atoms with Crippen LogP contribution >= 0.6 is 0 Å². The van der Waals surface area contributed by atoms with E-state index in [2.05, 4.69) is 24.4 Å². The quantitative estimate of drug-likeness (QED) is 0.585. The van der Waals surface area contributed by atoms with Crippen LogP contribution in [0.25, 0.3) is 0 Å². The number of hydrogen-bond acceptors (Lipinski definition) is 0. The second kappa shape index (κ2) is 1.88. The van der Waals surface area contributed by atoms with Crippen LogP contribution in [0.4, 0.5) is 0 Å². The van der Waals surface area contributed by atoms with Crippen LogP contribution in [-0.2, 0) is 0 Å². The van der Waals surface area contributed by atoms with Gasteiger partial charge in [-0.1, -0.05) is 0 Å². The molecule has 0 atom stereocenters. The molecule has 0 aromatic heterocycles. The van der Waals surface area contributed by atoms with Crippen molar-refractivity contribution in [3.05, 3.63) is 19.7 Å². The van der Waals surface area contributed by atoms with Gasteiger partial charge >= 0.3 is 46.1 Å².